The second-order valence-electron chi connectivity index (χ2n) is 21.0. The fourth-order valence-electron chi connectivity index (χ4n) is 10.5. The highest BCUT2D eigenvalue weighted by molar-refractivity contribution is 6.24. The number of Topliss-reactive ketones (excluding diaryl/α,β-unsaturated/α-hetero) is 1. The van der Waals surface area contributed by atoms with Gasteiger partial charge in [-0.1, -0.05) is 58.8 Å². The number of pyridine rings is 1. The lowest BCUT2D eigenvalue weighted by atomic mass is 9.78. The lowest BCUT2D eigenvalue weighted by Gasteiger charge is -2.38. The van der Waals surface area contributed by atoms with Crippen LogP contribution in [0, 0.1) is 30.6 Å². The van der Waals surface area contributed by atoms with E-state index in [0.717, 1.165) is 13.1 Å². The van der Waals surface area contributed by atoms with E-state index < -0.39 is 94.7 Å². The summed E-state index contributed by atoms with van der Waals surface area (Å²) < 4.78 is 23.7. The molecule has 11 N–H and O–H groups in total. The van der Waals surface area contributed by atoms with Gasteiger partial charge in [0.15, 0.2) is 5.75 Å². The summed E-state index contributed by atoms with van der Waals surface area (Å²) in [5, 5.41) is 67.6. The number of aliphatic hydroxyl groups excluding tert-OH is 2. The first-order valence-electron chi connectivity index (χ1n) is 27.0. The van der Waals surface area contributed by atoms with E-state index in [-0.39, 0.29) is 56.1 Å². The number of fused-ring (bicyclic) bond motifs is 14. The second-order valence-corrected chi connectivity index (χ2v) is 21.0. The van der Waals surface area contributed by atoms with Crippen LogP contribution in [0.25, 0.3) is 10.8 Å². The number of hydrogen-bond acceptors (Lipinski definition) is 21. The molecule has 5 bridgehead atoms. The Kier molecular flexibility index (Phi) is 21.6. The van der Waals surface area contributed by atoms with E-state index in [0.29, 0.717) is 24.7 Å². The molecule has 0 spiro atoms. The fourth-order valence-corrected chi connectivity index (χ4v) is 10.5. The summed E-state index contributed by atoms with van der Waals surface area (Å²) in [6, 6.07) is 3.72. The standard InChI is InChI=1S/C47H64N4O12.C6H7N3O.C5H5N3O/c1-24-13-12-14-25(2)46(59)49-37-32(23-48-51-20-18-50(19-21-51)31-15-10-11-16-31)41(56)34-35(42(37)57)40(55)29(6)44-36(34)45(58)47(8,63-44)61-22-17-33(60-9)26(3)43(62-30(7)52)28(5)39(54)27(4)38(24)53;7-9-6(10)5-1-3-8-4-2-5;6-5(9)4-3-7-1-2-8-4/h12-14,17,22-24,26-28,31,33,38-39,43,53-57H,10-11,15-16,18-21H2,1-9H3,(H,49,59);1-4H,7H2,(H,9,10);1-3H,(H2,6,9)/b13-12+,22-17+,25-14-,48-23-;;/t24-,26-,27-,28-,33+,38+,39+,43-,47+;;/m1../s1. The third-order valence-corrected chi connectivity index (χ3v) is 15.4. The monoisotopic (exact) mass is 1140 g/mol. The molecule has 9 rings (SSSR count). The van der Waals surface area contributed by atoms with Crippen LogP contribution in [0.2, 0.25) is 0 Å². The van der Waals surface area contributed by atoms with E-state index in [1.165, 1.54) is 116 Å². The molecule has 9 atom stereocenters. The molecule has 442 valence electrons. The Balaban J connectivity index is 0.000000477. The van der Waals surface area contributed by atoms with Crippen LogP contribution in [0.5, 0.6) is 23.0 Å². The maximum Gasteiger partial charge on any atom is 0.312 e. The Morgan fingerprint density at radius 1 is 0.890 bits per heavy atom. The number of carbonyl (C=O) groups is 5. The quantitative estimate of drug-likeness (QED) is 0.0226. The number of methoxy groups -OCH3 is 1. The third kappa shape index (κ3) is 14.5. The molecule has 5 aliphatic rings. The number of nitrogens with one attached hydrogen (secondary N) is 2. The number of hydrazone groups is 1. The van der Waals surface area contributed by atoms with Crippen molar-refractivity contribution in [3.8, 4) is 23.0 Å². The van der Waals surface area contributed by atoms with Gasteiger partial charge in [0.2, 0.25) is 0 Å². The van der Waals surface area contributed by atoms with Crippen molar-refractivity contribution in [3.63, 3.8) is 0 Å². The molecule has 0 radical (unpaired) electrons. The van der Waals surface area contributed by atoms with E-state index >= 15 is 0 Å². The number of nitrogens with two attached hydrogens (primary N) is 2. The summed E-state index contributed by atoms with van der Waals surface area (Å²) in [4.78, 5) is 75.3. The first kappa shape index (κ1) is 63.2. The number of ether oxygens (including phenoxy) is 4. The van der Waals surface area contributed by atoms with E-state index in [4.69, 9.17) is 30.5 Å². The van der Waals surface area contributed by atoms with Gasteiger partial charge < -0.3 is 55.5 Å². The average molecular weight is 1140 g/mol. The first-order chi connectivity index (χ1) is 39.0. The maximum absolute atomic E-state index is 14.5. The predicted molar refractivity (Wildman–Crippen MR) is 303 cm³/mol. The number of carbonyl (C=O) groups excluding carboxylic acids is 5. The Morgan fingerprint density at radius 3 is 2.15 bits per heavy atom. The SMILES string of the molecule is CO[C@H]1/C=C/O[C@@]2(C)Oc3c(C)c(O)c4c(O)c(c(/C=N\N5CCN(C6CCCC6)CC5)c(O)c4c3C2=O)NC(=O)/C(C)=C\C=C\[C@@H](C)[C@H](O)[C@@H](C)[C@H](O)[C@@H](C)[C@H](OC(C)=O)[C@@H]1C.NC(=O)c1cnccn1.NNC(=O)c1ccncc1. The molecule has 2 aromatic carbocycles. The summed E-state index contributed by atoms with van der Waals surface area (Å²) in [5.74, 6) is -4.25. The molecule has 4 aliphatic heterocycles. The maximum atomic E-state index is 14.5. The van der Waals surface area contributed by atoms with Crippen molar-refractivity contribution in [2.75, 3.05) is 38.6 Å². The van der Waals surface area contributed by atoms with Crippen molar-refractivity contribution in [1.29, 1.82) is 0 Å². The number of aromatic nitrogens is 3. The molecule has 3 amide bonds. The van der Waals surface area contributed by atoms with Gasteiger partial charge in [0, 0.05) is 124 Å². The molecule has 6 heterocycles. The number of allylic oxidation sites excluding steroid dienone is 2. The lowest BCUT2D eigenvalue weighted by molar-refractivity contribution is -0.160. The Hall–Kier alpha value is -8.03. The number of esters is 1. The Morgan fingerprint density at radius 2 is 1.56 bits per heavy atom. The highest BCUT2D eigenvalue weighted by atomic mass is 16.7. The predicted octanol–water partition coefficient (Wildman–Crippen LogP) is 4.91. The van der Waals surface area contributed by atoms with Crippen LogP contribution in [0.3, 0.4) is 0 Å². The smallest absolute Gasteiger partial charge is 0.312 e. The third-order valence-electron chi connectivity index (χ3n) is 15.4. The molecular formula is C58H76N10O14. The lowest BCUT2D eigenvalue weighted by Crippen LogP contribution is -2.47. The number of nitrogen functional groups attached to an aromatic ring is 1. The van der Waals surface area contributed by atoms with Gasteiger partial charge in [-0.05, 0) is 44.9 Å². The second kappa shape index (κ2) is 28.1. The number of rotatable bonds is 7. The van der Waals surface area contributed by atoms with Crippen molar-refractivity contribution in [2.45, 2.75) is 117 Å². The number of anilines is 1. The molecule has 4 aromatic rings. The summed E-state index contributed by atoms with van der Waals surface area (Å²) in [6.07, 6.45) is 17.0. The average Bonchev–Trinajstić information content (AvgIpc) is 2.05. The van der Waals surface area contributed by atoms with Gasteiger partial charge in [0.05, 0.1) is 59.2 Å². The summed E-state index contributed by atoms with van der Waals surface area (Å²) in [7, 11) is 1.44. The van der Waals surface area contributed by atoms with Crippen LogP contribution in [-0.2, 0) is 23.8 Å². The van der Waals surface area contributed by atoms with Gasteiger partial charge >= 0.3 is 11.8 Å². The summed E-state index contributed by atoms with van der Waals surface area (Å²) in [5.41, 5.74) is 7.30. The van der Waals surface area contributed by atoms with Gasteiger partial charge in [0.25, 0.3) is 23.5 Å². The number of amides is 3. The summed E-state index contributed by atoms with van der Waals surface area (Å²) >= 11 is 0. The number of ketones is 1. The minimum Gasteiger partial charge on any atom is -0.507 e. The summed E-state index contributed by atoms with van der Waals surface area (Å²) in [6.45, 7) is 15.4. The van der Waals surface area contributed by atoms with Crippen LogP contribution in [-0.4, -0.2) is 156 Å². The zero-order valence-electron chi connectivity index (χ0n) is 47.6. The minimum absolute atomic E-state index is 0.0631. The zero-order valence-corrected chi connectivity index (χ0v) is 47.6. The van der Waals surface area contributed by atoms with Crippen LogP contribution in [0.4, 0.5) is 5.69 Å². The molecule has 82 heavy (non-hydrogen) atoms. The normalized spacial score (nSPS) is 26.9. The van der Waals surface area contributed by atoms with Crippen molar-refractivity contribution < 1.29 is 68.5 Å². The number of primary amides is 1. The Labute approximate surface area is 475 Å². The first-order valence-corrected chi connectivity index (χ1v) is 27.0. The molecule has 1 aliphatic carbocycles. The van der Waals surface area contributed by atoms with Gasteiger partial charge in [-0.25, -0.2) is 10.8 Å². The van der Waals surface area contributed by atoms with Crippen molar-refractivity contribution in [3.05, 3.63) is 107 Å². The van der Waals surface area contributed by atoms with Crippen LogP contribution in [0.1, 0.15) is 116 Å². The van der Waals surface area contributed by atoms with Crippen molar-refractivity contribution in [2.24, 2.45) is 40.3 Å². The van der Waals surface area contributed by atoms with Gasteiger partial charge in [-0.2, -0.15) is 5.10 Å². The van der Waals surface area contributed by atoms with Gasteiger partial charge in [-0.3, -0.25) is 49.3 Å². The van der Waals surface area contributed by atoms with Crippen molar-refractivity contribution >= 4 is 52.1 Å². The molecule has 0 unspecified atom stereocenters. The Bertz CT molecular complexity index is 3060. The number of aromatic hydroxyl groups is 3. The molecule has 24 heteroatoms. The molecule has 1 saturated carbocycles. The van der Waals surface area contributed by atoms with Gasteiger partial charge in [0.1, 0.15) is 29.0 Å². The van der Waals surface area contributed by atoms with E-state index in [2.05, 4.69) is 30.3 Å². The molecule has 24 nitrogen and oxygen atoms in total. The van der Waals surface area contributed by atoms with E-state index in [1.807, 2.05) is 10.4 Å². The number of hydrogen-bond donors (Lipinski definition) is 9. The minimum atomic E-state index is -2.04. The number of phenols is 3. The van der Waals surface area contributed by atoms with Crippen molar-refractivity contribution in [1.82, 2.24) is 30.3 Å². The molecule has 2 fully saturated rings. The number of phenolic OH excluding ortho intramolecular Hbond substituents is 3. The number of aliphatic hydroxyl groups is 2. The number of benzene rings is 2. The number of piperazine rings is 1. The van der Waals surface area contributed by atoms with Crippen LogP contribution < -0.4 is 27.1 Å². The number of nitrogens with zero attached hydrogens (tertiary/aromatic N) is 6. The topological polar surface area (TPSA) is 357 Å². The largest absolute Gasteiger partial charge is 0.507 e. The molecular weight excluding hydrogens is 1060 g/mol. The highest BCUT2D eigenvalue weighted by Gasteiger charge is 2.50. The highest BCUT2D eigenvalue weighted by Crippen LogP contribution is 2.55. The van der Waals surface area contributed by atoms with Crippen LogP contribution in [0.15, 0.2) is 84.4 Å². The fraction of sp³-hybridized carbons (Fsp3) is 0.466. The molecule has 1 saturated heterocycles. The van der Waals surface area contributed by atoms with Crippen LogP contribution >= 0.6 is 0 Å². The zero-order chi connectivity index (χ0) is 60.2. The van der Waals surface area contributed by atoms with Gasteiger partial charge in [-0.15, -0.1) is 0 Å². The molecule has 2 aromatic heterocycles. The van der Waals surface area contributed by atoms with E-state index in [1.54, 1.807) is 52.0 Å². The number of hydrazine groups is 1. The van der Waals surface area contributed by atoms with E-state index in [9.17, 15) is 49.5 Å².